The number of hydrogen-bond donors (Lipinski definition) is 1. The van der Waals surface area contributed by atoms with E-state index in [1.807, 2.05) is 34.3 Å². The Balaban J connectivity index is 1.89. The summed E-state index contributed by atoms with van der Waals surface area (Å²) in [5.74, 6) is 0.334. The summed E-state index contributed by atoms with van der Waals surface area (Å²) in [7, 11) is 0. The van der Waals surface area contributed by atoms with Gasteiger partial charge in [-0.3, -0.25) is 10.1 Å². The second-order valence-corrected chi connectivity index (χ2v) is 8.21. The predicted molar refractivity (Wildman–Crippen MR) is 109 cm³/mol. The molecular formula is C19H19Cl2N3OS. The Kier molecular flexibility index (Phi) is 6.01. The lowest BCUT2D eigenvalue weighted by atomic mass is 10.1. The summed E-state index contributed by atoms with van der Waals surface area (Å²) in [4.78, 5) is 16.8. The fourth-order valence-corrected chi connectivity index (χ4v) is 3.60. The minimum absolute atomic E-state index is 0.171. The highest BCUT2D eigenvalue weighted by molar-refractivity contribution is 7.13. The van der Waals surface area contributed by atoms with Crippen LogP contribution >= 0.6 is 34.5 Å². The zero-order valence-electron chi connectivity index (χ0n) is 14.5. The molecule has 2 aromatic heterocycles. The van der Waals surface area contributed by atoms with Crippen molar-refractivity contribution in [3.63, 3.8) is 0 Å². The normalized spacial score (nSPS) is 11.1. The molecule has 0 atom stereocenters. The van der Waals surface area contributed by atoms with Gasteiger partial charge in [0.1, 0.15) is 5.69 Å². The topological polar surface area (TPSA) is 46.9 Å². The number of anilines is 1. The molecule has 0 radical (unpaired) electrons. The molecule has 1 N–H and O–H groups in total. The summed E-state index contributed by atoms with van der Waals surface area (Å²) in [6.07, 6.45) is 4.60. The third kappa shape index (κ3) is 4.67. The van der Waals surface area contributed by atoms with Crippen LogP contribution in [-0.2, 0) is 13.0 Å². The van der Waals surface area contributed by atoms with Crippen molar-refractivity contribution in [2.24, 2.45) is 5.92 Å². The monoisotopic (exact) mass is 407 g/mol. The maximum Gasteiger partial charge on any atom is 0.274 e. The van der Waals surface area contributed by atoms with Crippen molar-refractivity contribution in [1.29, 1.82) is 0 Å². The Morgan fingerprint density at radius 3 is 2.69 bits per heavy atom. The Hall–Kier alpha value is -1.82. The van der Waals surface area contributed by atoms with Gasteiger partial charge in [0.25, 0.3) is 5.91 Å². The van der Waals surface area contributed by atoms with Crippen molar-refractivity contribution < 1.29 is 4.79 Å². The van der Waals surface area contributed by atoms with Crippen LogP contribution in [0.2, 0.25) is 10.0 Å². The molecule has 136 valence electrons. The quantitative estimate of drug-likeness (QED) is 0.565. The molecule has 2 heterocycles. The van der Waals surface area contributed by atoms with Crippen LogP contribution in [0.25, 0.3) is 0 Å². The van der Waals surface area contributed by atoms with Crippen molar-refractivity contribution in [2.75, 3.05) is 5.32 Å². The molecule has 1 amide bonds. The molecule has 7 heteroatoms. The van der Waals surface area contributed by atoms with Crippen molar-refractivity contribution in [3.8, 4) is 0 Å². The average Bonchev–Trinajstić information content (AvgIpc) is 3.20. The summed E-state index contributed by atoms with van der Waals surface area (Å²) in [5.41, 5.74) is 2.71. The van der Waals surface area contributed by atoms with E-state index in [0.29, 0.717) is 33.3 Å². The molecule has 0 aliphatic rings. The van der Waals surface area contributed by atoms with Crippen LogP contribution in [-0.4, -0.2) is 15.5 Å². The molecule has 0 saturated carbocycles. The van der Waals surface area contributed by atoms with Crippen molar-refractivity contribution >= 4 is 45.6 Å². The summed E-state index contributed by atoms with van der Waals surface area (Å²) in [6, 6.07) is 7.46. The van der Waals surface area contributed by atoms with Crippen molar-refractivity contribution in [2.45, 2.75) is 26.8 Å². The second-order valence-electron chi connectivity index (χ2n) is 6.50. The van der Waals surface area contributed by atoms with Crippen LogP contribution in [0.15, 0.2) is 42.0 Å². The van der Waals surface area contributed by atoms with Gasteiger partial charge in [0.05, 0.1) is 10.0 Å². The van der Waals surface area contributed by atoms with Crippen LogP contribution in [0.4, 0.5) is 5.13 Å². The fraction of sp³-hybridized carbons (Fsp3) is 0.263. The summed E-state index contributed by atoms with van der Waals surface area (Å²) >= 11 is 13.5. The Labute approximate surface area is 166 Å². The van der Waals surface area contributed by atoms with E-state index in [9.17, 15) is 4.79 Å². The van der Waals surface area contributed by atoms with E-state index < -0.39 is 0 Å². The number of aromatic nitrogens is 2. The van der Waals surface area contributed by atoms with Gasteiger partial charge in [-0.05, 0) is 41.7 Å². The van der Waals surface area contributed by atoms with Crippen LogP contribution in [0, 0.1) is 5.92 Å². The second kappa shape index (κ2) is 8.25. The first-order chi connectivity index (χ1) is 12.4. The molecular weight excluding hydrogens is 389 g/mol. The number of amides is 1. The number of carbonyl (C=O) groups excluding carboxylic acids is 1. The highest BCUT2D eigenvalue weighted by atomic mass is 35.5. The minimum atomic E-state index is -0.171. The van der Waals surface area contributed by atoms with E-state index in [4.69, 9.17) is 23.2 Å². The van der Waals surface area contributed by atoms with Gasteiger partial charge in [0.2, 0.25) is 0 Å². The van der Waals surface area contributed by atoms with Gasteiger partial charge >= 0.3 is 0 Å². The van der Waals surface area contributed by atoms with Gasteiger partial charge in [-0.2, -0.15) is 0 Å². The molecule has 0 aliphatic heterocycles. The van der Waals surface area contributed by atoms with E-state index in [-0.39, 0.29) is 5.91 Å². The molecule has 0 spiro atoms. The van der Waals surface area contributed by atoms with Crippen LogP contribution in [0.3, 0.4) is 0 Å². The average molecular weight is 408 g/mol. The minimum Gasteiger partial charge on any atom is -0.339 e. The molecule has 0 unspecified atom stereocenters. The zero-order valence-corrected chi connectivity index (χ0v) is 16.8. The predicted octanol–water partition coefficient (Wildman–Crippen LogP) is 5.75. The largest absolute Gasteiger partial charge is 0.339 e. The summed E-state index contributed by atoms with van der Waals surface area (Å²) < 4.78 is 1.94. The van der Waals surface area contributed by atoms with Crippen molar-refractivity contribution in [3.05, 3.63) is 68.9 Å². The number of nitrogens with zero attached hydrogens (tertiary/aromatic N) is 2. The Morgan fingerprint density at radius 2 is 2.04 bits per heavy atom. The molecule has 4 nitrogen and oxygen atoms in total. The Bertz CT molecular complexity index is 904. The van der Waals surface area contributed by atoms with Crippen LogP contribution in [0.5, 0.6) is 0 Å². The lowest BCUT2D eigenvalue weighted by molar-refractivity contribution is 0.101. The summed E-state index contributed by atoms with van der Waals surface area (Å²) in [6.45, 7) is 4.85. The molecule has 3 aromatic rings. The van der Waals surface area contributed by atoms with Gasteiger partial charge in [-0.25, -0.2) is 4.98 Å². The molecule has 0 fully saturated rings. The molecule has 0 bridgehead atoms. The maximum absolute atomic E-state index is 12.7. The molecule has 1 aromatic carbocycles. The fourth-order valence-electron chi connectivity index (χ4n) is 2.76. The first-order valence-electron chi connectivity index (χ1n) is 8.26. The number of benzene rings is 1. The number of rotatable bonds is 6. The maximum atomic E-state index is 12.7. The molecule has 26 heavy (non-hydrogen) atoms. The number of nitrogens with one attached hydrogen (secondary N) is 1. The standard InChI is InChI=1S/C19H19Cl2N3OS/c1-12(2)7-14-9-17(18(25)23-19-22-5-6-26-19)24(11-14)10-13-3-4-15(20)16(21)8-13/h3-6,8-9,11-12H,7,10H2,1-2H3,(H,22,23,25). The Morgan fingerprint density at radius 1 is 1.23 bits per heavy atom. The number of halogens is 2. The van der Waals surface area contributed by atoms with Gasteiger partial charge in [0.15, 0.2) is 5.13 Å². The molecule has 0 saturated heterocycles. The SMILES string of the molecule is CC(C)Cc1cc(C(=O)Nc2nccs2)n(Cc2ccc(Cl)c(Cl)c2)c1. The smallest absolute Gasteiger partial charge is 0.274 e. The van der Waals surface area contributed by atoms with E-state index in [2.05, 4.69) is 24.1 Å². The first kappa shape index (κ1) is 19.0. The highest BCUT2D eigenvalue weighted by Crippen LogP contribution is 2.24. The number of hydrogen-bond acceptors (Lipinski definition) is 3. The van der Waals surface area contributed by atoms with E-state index in [1.54, 1.807) is 12.3 Å². The van der Waals surface area contributed by atoms with Crippen LogP contribution < -0.4 is 5.32 Å². The number of carbonyl (C=O) groups is 1. The number of thiazole rings is 1. The van der Waals surface area contributed by atoms with Crippen molar-refractivity contribution in [1.82, 2.24) is 9.55 Å². The van der Waals surface area contributed by atoms with Gasteiger partial charge in [-0.15, -0.1) is 11.3 Å². The zero-order chi connectivity index (χ0) is 18.7. The van der Waals surface area contributed by atoms with E-state index >= 15 is 0 Å². The highest BCUT2D eigenvalue weighted by Gasteiger charge is 2.16. The van der Waals surface area contributed by atoms with Gasteiger partial charge in [-0.1, -0.05) is 43.1 Å². The summed E-state index contributed by atoms with van der Waals surface area (Å²) in [5, 5.41) is 6.29. The van der Waals surface area contributed by atoms with Crippen LogP contribution in [0.1, 0.15) is 35.5 Å². The third-order valence-electron chi connectivity index (χ3n) is 3.82. The van der Waals surface area contributed by atoms with E-state index in [0.717, 1.165) is 17.5 Å². The van der Waals surface area contributed by atoms with Gasteiger partial charge in [0, 0.05) is 24.3 Å². The lowest BCUT2D eigenvalue weighted by Gasteiger charge is -2.09. The molecule has 3 rings (SSSR count). The molecule has 0 aliphatic carbocycles. The van der Waals surface area contributed by atoms with E-state index in [1.165, 1.54) is 11.3 Å². The first-order valence-corrected chi connectivity index (χ1v) is 9.89. The van der Waals surface area contributed by atoms with Gasteiger partial charge < -0.3 is 4.57 Å². The lowest BCUT2D eigenvalue weighted by Crippen LogP contribution is -2.17. The third-order valence-corrected chi connectivity index (χ3v) is 5.25.